The number of rotatable bonds is 3. The van der Waals surface area contributed by atoms with Crippen LogP contribution in [-0.2, 0) is 25.8 Å². The second-order valence-corrected chi connectivity index (χ2v) is 7.45. The number of aromatic nitrogens is 1. The molecule has 3 heterocycles. The van der Waals surface area contributed by atoms with E-state index in [0.29, 0.717) is 12.1 Å². The zero-order chi connectivity index (χ0) is 16.1. The van der Waals surface area contributed by atoms with Crippen molar-refractivity contribution in [2.24, 2.45) is 0 Å². The highest BCUT2D eigenvalue weighted by molar-refractivity contribution is 5.45. The van der Waals surface area contributed by atoms with Crippen molar-refractivity contribution in [3.8, 4) is 5.75 Å². The molecule has 2 unspecified atom stereocenters. The van der Waals surface area contributed by atoms with Gasteiger partial charge < -0.3 is 4.74 Å². The van der Waals surface area contributed by atoms with Gasteiger partial charge in [-0.05, 0) is 60.9 Å². The molecule has 1 saturated heterocycles. The lowest BCUT2D eigenvalue weighted by Crippen LogP contribution is -2.37. The molecule has 1 aromatic carbocycles. The van der Waals surface area contributed by atoms with Gasteiger partial charge in [0.2, 0.25) is 0 Å². The first kappa shape index (κ1) is 14.5. The highest BCUT2D eigenvalue weighted by Gasteiger charge is 2.40. The largest absolute Gasteiger partial charge is 0.496 e. The number of methoxy groups -OCH3 is 1. The maximum atomic E-state index is 5.73. The third-order valence-electron chi connectivity index (χ3n) is 6.20. The Kier molecular flexibility index (Phi) is 3.37. The zero-order valence-electron chi connectivity index (χ0n) is 14.3. The van der Waals surface area contributed by atoms with Crippen molar-refractivity contribution in [2.75, 3.05) is 7.11 Å². The minimum atomic E-state index is 0.533. The van der Waals surface area contributed by atoms with Crippen LogP contribution in [0, 0.1) is 0 Å². The van der Waals surface area contributed by atoms with E-state index in [1.807, 2.05) is 13.3 Å². The van der Waals surface area contributed by atoms with Gasteiger partial charge in [-0.15, -0.1) is 0 Å². The third kappa shape index (κ3) is 2.18. The lowest BCUT2D eigenvalue weighted by molar-refractivity contribution is 0.164. The molecule has 1 fully saturated rings. The van der Waals surface area contributed by atoms with Crippen molar-refractivity contribution in [1.82, 2.24) is 9.88 Å². The van der Waals surface area contributed by atoms with Crippen LogP contribution in [0.1, 0.15) is 53.3 Å². The number of ether oxygens (including phenoxy) is 1. The second kappa shape index (κ2) is 5.59. The van der Waals surface area contributed by atoms with Crippen molar-refractivity contribution >= 4 is 0 Å². The van der Waals surface area contributed by atoms with Gasteiger partial charge in [-0.2, -0.15) is 0 Å². The fourth-order valence-electron chi connectivity index (χ4n) is 5.04. The van der Waals surface area contributed by atoms with Crippen LogP contribution in [0.15, 0.2) is 30.5 Å². The van der Waals surface area contributed by atoms with E-state index in [1.54, 1.807) is 0 Å². The molecule has 1 aromatic heterocycles. The molecule has 2 bridgehead atoms. The predicted molar refractivity (Wildman–Crippen MR) is 94.3 cm³/mol. The number of benzene rings is 1. The van der Waals surface area contributed by atoms with Crippen LogP contribution in [0.2, 0.25) is 0 Å². The highest BCUT2D eigenvalue weighted by atomic mass is 16.5. The molecule has 24 heavy (non-hydrogen) atoms. The molecule has 1 aliphatic carbocycles. The summed E-state index contributed by atoms with van der Waals surface area (Å²) >= 11 is 0. The first-order chi connectivity index (χ1) is 11.8. The van der Waals surface area contributed by atoms with Crippen LogP contribution >= 0.6 is 0 Å². The van der Waals surface area contributed by atoms with Crippen LogP contribution in [0.4, 0.5) is 0 Å². The summed E-state index contributed by atoms with van der Waals surface area (Å²) < 4.78 is 5.73. The van der Waals surface area contributed by atoms with Gasteiger partial charge in [0.05, 0.1) is 7.11 Å². The summed E-state index contributed by atoms with van der Waals surface area (Å²) in [6, 6.07) is 10.2. The number of fused-ring (bicyclic) bond motifs is 5. The van der Waals surface area contributed by atoms with E-state index < -0.39 is 0 Å². The predicted octanol–water partition coefficient (Wildman–Crippen LogP) is 3.84. The van der Waals surface area contributed by atoms with Crippen molar-refractivity contribution in [1.29, 1.82) is 0 Å². The molecule has 0 amide bonds. The Morgan fingerprint density at radius 3 is 2.96 bits per heavy atom. The highest BCUT2D eigenvalue weighted by Crippen LogP contribution is 2.44. The number of hydrogen-bond donors (Lipinski definition) is 0. The van der Waals surface area contributed by atoms with Crippen LogP contribution in [0.25, 0.3) is 0 Å². The fraction of sp³-hybridized carbons (Fsp3) is 0.476. The maximum absolute atomic E-state index is 5.73. The van der Waals surface area contributed by atoms with Crippen LogP contribution in [-0.4, -0.2) is 23.0 Å². The van der Waals surface area contributed by atoms with Gasteiger partial charge in [0, 0.05) is 42.5 Å². The molecule has 3 heteroatoms. The summed E-state index contributed by atoms with van der Waals surface area (Å²) in [5, 5.41) is 0. The Balaban J connectivity index is 1.49. The number of pyridine rings is 1. The van der Waals surface area contributed by atoms with E-state index in [2.05, 4.69) is 34.1 Å². The molecule has 2 aliphatic heterocycles. The van der Waals surface area contributed by atoms with Gasteiger partial charge in [0.25, 0.3) is 0 Å². The molecular formula is C21H24N2O. The zero-order valence-corrected chi connectivity index (χ0v) is 14.3. The van der Waals surface area contributed by atoms with Crippen LogP contribution in [0.3, 0.4) is 0 Å². The van der Waals surface area contributed by atoms with Crippen LogP contribution in [0.5, 0.6) is 5.75 Å². The quantitative estimate of drug-likeness (QED) is 0.859. The minimum Gasteiger partial charge on any atom is -0.496 e. The average Bonchev–Trinajstić information content (AvgIpc) is 3.17. The summed E-state index contributed by atoms with van der Waals surface area (Å²) in [4.78, 5) is 7.33. The number of aryl methyl sites for hydroxylation is 2. The molecule has 0 saturated carbocycles. The molecule has 3 aliphatic rings. The summed E-state index contributed by atoms with van der Waals surface area (Å²) in [5.74, 6) is 1.08. The lowest BCUT2D eigenvalue weighted by atomic mass is 9.96. The molecule has 0 spiro atoms. The summed E-state index contributed by atoms with van der Waals surface area (Å²) in [6.07, 6.45) is 9.31. The van der Waals surface area contributed by atoms with Crippen LogP contribution < -0.4 is 4.74 Å². The second-order valence-electron chi connectivity index (χ2n) is 7.45. The van der Waals surface area contributed by atoms with Gasteiger partial charge in [-0.3, -0.25) is 9.88 Å². The van der Waals surface area contributed by atoms with Gasteiger partial charge >= 0.3 is 0 Å². The van der Waals surface area contributed by atoms with Crippen molar-refractivity contribution in [3.63, 3.8) is 0 Å². The van der Waals surface area contributed by atoms with E-state index in [1.165, 1.54) is 60.1 Å². The average molecular weight is 320 g/mol. The molecule has 3 nitrogen and oxygen atoms in total. The number of hydrogen-bond acceptors (Lipinski definition) is 3. The summed E-state index contributed by atoms with van der Waals surface area (Å²) in [7, 11) is 1.81. The SMILES string of the molecule is COc1cc2c(cc1CN1C3CCC1c1cccnc1C3)CCC2. The van der Waals surface area contributed by atoms with E-state index in [9.17, 15) is 0 Å². The van der Waals surface area contributed by atoms with Gasteiger partial charge in [0.15, 0.2) is 0 Å². The molecule has 2 aromatic rings. The monoisotopic (exact) mass is 320 g/mol. The lowest BCUT2D eigenvalue weighted by Gasteiger charge is -2.36. The molecule has 2 atom stereocenters. The van der Waals surface area contributed by atoms with Gasteiger partial charge in [-0.25, -0.2) is 0 Å². The standard InChI is InChI=1S/C21H24N2O/c1-24-21-11-15-5-2-4-14(15)10-16(21)13-23-17-7-8-20(23)18-6-3-9-22-19(18)12-17/h3,6,9-11,17,20H,2,4-5,7-8,12-13H2,1H3. The Hall–Kier alpha value is -1.87. The van der Waals surface area contributed by atoms with E-state index in [4.69, 9.17) is 4.74 Å². The maximum Gasteiger partial charge on any atom is 0.123 e. The van der Waals surface area contributed by atoms with E-state index in [-0.39, 0.29) is 0 Å². The molecule has 5 rings (SSSR count). The van der Waals surface area contributed by atoms with Gasteiger partial charge in [0.1, 0.15) is 5.75 Å². The van der Waals surface area contributed by atoms with Crippen molar-refractivity contribution in [3.05, 3.63) is 58.4 Å². The molecule has 124 valence electrons. The molecule has 0 N–H and O–H groups in total. The summed E-state index contributed by atoms with van der Waals surface area (Å²) in [6.45, 7) is 1.00. The van der Waals surface area contributed by atoms with E-state index >= 15 is 0 Å². The van der Waals surface area contributed by atoms with Crippen molar-refractivity contribution < 1.29 is 4.74 Å². The molecular weight excluding hydrogens is 296 g/mol. The number of nitrogens with zero attached hydrogens (tertiary/aromatic N) is 2. The molecule has 0 radical (unpaired) electrons. The van der Waals surface area contributed by atoms with Crippen molar-refractivity contribution in [2.45, 2.75) is 57.2 Å². The Bertz CT molecular complexity index is 785. The first-order valence-electron chi connectivity index (χ1n) is 9.21. The fourth-order valence-corrected chi connectivity index (χ4v) is 5.04. The summed E-state index contributed by atoms with van der Waals surface area (Å²) in [5.41, 5.74) is 7.17. The smallest absolute Gasteiger partial charge is 0.123 e. The topological polar surface area (TPSA) is 25.4 Å². The van der Waals surface area contributed by atoms with Gasteiger partial charge in [-0.1, -0.05) is 12.1 Å². The Morgan fingerprint density at radius 1 is 1.21 bits per heavy atom. The Labute approximate surface area is 143 Å². The third-order valence-corrected chi connectivity index (χ3v) is 6.20. The van der Waals surface area contributed by atoms with E-state index in [0.717, 1.165) is 18.7 Å². The normalized spacial score (nSPS) is 24.7. The first-order valence-corrected chi connectivity index (χ1v) is 9.21. The Morgan fingerprint density at radius 2 is 2.08 bits per heavy atom. The minimum absolute atomic E-state index is 0.533.